The third kappa shape index (κ3) is 2.96. The van der Waals surface area contributed by atoms with Gasteiger partial charge in [-0.15, -0.1) is 0 Å². The summed E-state index contributed by atoms with van der Waals surface area (Å²) in [5.74, 6) is 0.485. The molecule has 2 aromatic carbocycles. The Morgan fingerprint density at radius 2 is 1.75 bits per heavy atom. The van der Waals surface area contributed by atoms with Gasteiger partial charge in [0.25, 0.3) is 0 Å². The molecule has 4 rings (SSSR count). The molecule has 0 radical (unpaired) electrons. The second-order valence-electron chi connectivity index (χ2n) is 7.11. The number of rotatable bonds is 3. The van der Waals surface area contributed by atoms with Crippen molar-refractivity contribution in [2.45, 2.75) is 31.4 Å². The van der Waals surface area contributed by atoms with Crippen molar-refractivity contribution in [2.24, 2.45) is 5.92 Å². The highest BCUT2D eigenvalue weighted by atomic mass is 16.5. The van der Waals surface area contributed by atoms with E-state index in [0.717, 1.165) is 30.5 Å². The van der Waals surface area contributed by atoms with Gasteiger partial charge in [-0.25, -0.2) is 4.79 Å². The third-order valence-corrected chi connectivity index (χ3v) is 5.41. The molecule has 3 heteroatoms. The SMILES string of the molecule is CN1CC2CC(OC(=O)c3ccccc3-c3ccccc3)CC1C2. The zero-order valence-corrected chi connectivity index (χ0v) is 14.0. The zero-order chi connectivity index (χ0) is 16.5. The number of benzene rings is 2. The van der Waals surface area contributed by atoms with Crippen LogP contribution in [0.1, 0.15) is 29.6 Å². The molecule has 1 heterocycles. The molecule has 1 saturated heterocycles. The van der Waals surface area contributed by atoms with Crippen LogP contribution in [0.3, 0.4) is 0 Å². The average Bonchev–Trinajstić information content (AvgIpc) is 2.87. The maximum absolute atomic E-state index is 12.8. The summed E-state index contributed by atoms with van der Waals surface area (Å²) in [7, 11) is 2.18. The first-order chi connectivity index (χ1) is 11.7. The normalized spacial score (nSPS) is 26.3. The van der Waals surface area contributed by atoms with E-state index >= 15 is 0 Å². The molecule has 1 saturated carbocycles. The standard InChI is InChI=1S/C21H23NO2/c1-22-14-15-11-17(22)13-18(12-15)24-21(23)20-10-6-5-9-19(20)16-7-3-2-4-8-16/h2-10,15,17-18H,11-14H2,1H3. The van der Waals surface area contributed by atoms with Crippen molar-refractivity contribution in [3.05, 3.63) is 60.2 Å². The van der Waals surface area contributed by atoms with E-state index in [9.17, 15) is 4.79 Å². The van der Waals surface area contributed by atoms with Crippen molar-refractivity contribution in [1.29, 1.82) is 0 Å². The highest BCUT2D eigenvalue weighted by Gasteiger charge is 2.39. The van der Waals surface area contributed by atoms with E-state index in [4.69, 9.17) is 4.74 Å². The number of fused-ring (bicyclic) bond motifs is 2. The van der Waals surface area contributed by atoms with Crippen molar-refractivity contribution < 1.29 is 9.53 Å². The predicted octanol–water partition coefficient (Wildman–Crippen LogP) is 3.99. The lowest BCUT2D eigenvalue weighted by atomic mass is 9.88. The zero-order valence-electron chi connectivity index (χ0n) is 14.0. The Bertz CT molecular complexity index is 726. The summed E-state index contributed by atoms with van der Waals surface area (Å²) in [6, 6.07) is 18.3. The minimum absolute atomic E-state index is 0.0510. The highest BCUT2D eigenvalue weighted by molar-refractivity contribution is 5.97. The molecule has 3 unspecified atom stereocenters. The average molecular weight is 321 g/mol. The van der Waals surface area contributed by atoms with Crippen LogP contribution in [-0.4, -0.2) is 36.6 Å². The third-order valence-electron chi connectivity index (χ3n) is 5.41. The number of ether oxygens (including phenoxy) is 1. The molecule has 0 spiro atoms. The fourth-order valence-electron chi connectivity index (χ4n) is 4.26. The first-order valence-corrected chi connectivity index (χ1v) is 8.76. The molecule has 24 heavy (non-hydrogen) atoms. The summed E-state index contributed by atoms with van der Waals surface area (Å²) in [5.41, 5.74) is 2.66. The Morgan fingerprint density at radius 1 is 1.00 bits per heavy atom. The van der Waals surface area contributed by atoms with Crippen LogP contribution in [0, 0.1) is 5.92 Å². The summed E-state index contributed by atoms with van der Waals surface area (Å²) < 4.78 is 5.90. The van der Waals surface area contributed by atoms with Gasteiger partial charge in [-0.3, -0.25) is 0 Å². The van der Waals surface area contributed by atoms with E-state index < -0.39 is 0 Å². The molecular formula is C21H23NO2. The number of esters is 1. The van der Waals surface area contributed by atoms with Crippen LogP contribution in [0.15, 0.2) is 54.6 Å². The number of hydrogen-bond acceptors (Lipinski definition) is 3. The van der Waals surface area contributed by atoms with E-state index in [1.165, 1.54) is 6.42 Å². The molecule has 0 amide bonds. The van der Waals surface area contributed by atoms with Gasteiger partial charge < -0.3 is 9.64 Å². The highest BCUT2D eigenvalue weighted by Crippen LogP contribution is 2.36. The molecule has 0 aromatic heterocycles. The lowest BCUT2D eigenvalue weighted by molar-refractivity contribution is 0.0149. The number of carbonyl (C=O) groups is 1. The molecule has 124 valence electrons. The van der Waals surface area contributed by atoms with E-state index in [2.05, 4.69) is 11.9 Å². The first kappa shape index (κ1) is 15.4. The van der Waals surface area contributed by atoms with Gasteiger partial charge in [0.1, 0.15) is 6.10 Å². The topological polar surface area (TPSA) is 29.5 Å². The molecule has 2 aromatic rings. The van der Waals surface area contributed by atoms with E-state index in [0.29, 0.717) is 17.5 Å². The van der Waals surface area contributed by atoms with Gasteiger partial charge in [0.05, 0.1) is 5.56 Å². The van der Waals surface area contributed by atoms with Gasteiger partial charge in [0.2, 0.25) is 0 Å². The number of hydrogen-bond donors (Lipinski definition) is 0. The van der Waals surface area contributed by atoms with E-state index in [1.54, 1.807) is 0 Å². The predicted molar refractivity (Wildman–Crippen MR) is 94.8 cm³/mol. The lowest BCUT2D eigenvalue weighted by Crippen LogP contribution is -2.32. The number of likely N-dealkylation sites (tertiary alicyclic amines) is 1. The summed E-state index contributed by atoms with van der Waals surface area (Å²) in [4.78, 5) is 15.2. The maximum atomic E-state index is 12.8. The van der Waals surface area contributed by atoms with Gasteiger partial charge in [-0.1, -0.05) is 48.5 Å². The second kappa shape index (κ2) is 6.40. The van der Waals surface area contributed by atoms with Crippen LogP contribution >= 0.6 is 0 Å². The van der Waals surface area contributed by atoms with Crippen LogP contribution in [0.5, 0.6) is 0 Å². The van der Waals surface area contributed by atoms with Crippen molar-refractivity contribution in [3.63, 3.8) is 0 Å². The van der Waals surface area contributed by atoms with Gasteiger partial charge >= 0.3 is 5.97 Å². The second-order valence-corrected chi connectivity index (χ2v) is 7.11. The van der Waals surface area contributed by atoms with Gasteiger partial charge in [-0.2, -0.15) is 0 Å². The van der Waals surface area contributed by atoms with E-state index in [1.807, 2.05) is 54.6 Å². The molecule has 0 N–H and O–H groups in total. The van der Waals surface area contributed by atoms with Crippen molar-refractivity contribution in [1.82, 2.24) is 4.90 Å². The monoisotopic (exact) mass is 321 g/mol. The molecule has 1 aliphatic carbocycles. The lowest BCUT2D eigenvalue weighted by Gasteiger charge is -2.28. The van der Waals surface area contributed by atoms with E-state index in [-0.39, 0.29) is 12.1 Å². The van der Waals surface area contributed by atoms with Gasteiger partial charge in [0, 0.05) is 12.6 Å². The maximum Gasteiger partial charge on any atom is 0.339 e. The Hall–Kier alpha value is -2.13. The fraction of sp³-hybridized carbons (Fsp3) is 0.381. The minimum Gasteiger partial charge on any atom is -0.459 e. The van der Waals surface area contributed by atoms with Crippen molar-refractivity contribution in [2.75, 3.05) is 13.6 Å². The summed E-state index contributed by atoms with van der Waals surface area (Å²) in [6.07, 6.45) is 3.27. The molecule has 2 bridgehead atoms. The first-order valence-electron chi connectivity index (χ1n) is 8.76. The van der Waals surface area contributed by atoms with Crippen molar-refractivity contribution in [3.8, 4) is 11.1 Å². The number of nitrogens with zero attached hydrogens (tertiary/aromatic N) is 1. The Balaban J connectivity index is 1.53. The van der Waals surface area contributed by atoms with Gasteiger partial charge in [-0.05, 0) is 49.4 Å². The quantitative estimate of drug-likeness (QED) is 0.801. The summed E-state index contributed by atoms with van der Waals surface area (Å²) >= 11 is 0. The van der Waals surface area contributed by atoms with Crippen LogP contribution < -0.4 is 0 Å². The van der Waals surface area contributed by atoms with Crippen molar-refractivity contribution >= 4 is 5.97 Å². The Morgan fingerprint density at radius 3 is 2.54 bits per heavy atom. The van der Waals surface area contributed by atoms with Crippen LogP contribution in [0.4, 0.5) is 0 Å². The number of carbonyl (C=O) groups excluding carboxylic acids is 1. The molecule has 2 fully saturated rings. The fourth-order valence-corrected chi connectivity index (χ4v) is 4.26. The van der Waals surface area contributed by atoms with Gasteiger partial charge in [0.15, 0.2) is 0 Å². The summed E-state index contributed by atoms with van der Waals surface area (Å²) in [6.45, 7) is 1.14. The molecule has 3 atom stereocenters. The molecule has 1 aliphatic heterocycles. The molecule has 3 nitrogen and oxygen atoms in total. The summed E-state index contributed by atoms with van der Waals surface area (Å²) in [5, 5.41) is 0. The van der Waals surface area contributed by atoms with Crippen LogP contribution in [0.2, 0.25) is 0 Å². The Labute approximate surface area is 143 Å². The van der Waals surface area contributed by atoms with Crippen LogP contribution in [-0.2, 0) is 4.74 Å². The largest absolute Gasteiger partial charge is 0.459 e. The smallest absolute Gasteiger partial charge is 0.339 e. The minimum atomic E-state index is -0.191. The Kier molecular flexibility index (Phi) is 4.11. The molecular weight excluding hydrogens is 298 g/mol. The molecule has 2 aliphatic rings. The van der Waals surface area contributed by atoms with Crippen LogP contribution in [0.25, 0.3) is 11.1 Å².